The minimum absolute atomic E-state index is 0.227. The van der Waals surface area contributed by atoms with Crippen LogP contribution in [0.1, 0.15) is 26.3 Å². The van der Waals surface area contributed by atoms with Gasteiger partial charge in [-0.15, -0.1) is 0 Å². The largest absolute Gasteiger partial charge is 0.454 e. The Kier molecular flexibility index (Phi) is 4.35. The molecule has 1 fully saturated rings. The topological polar surface area (TPSA) is 51.2 Å². The highest BCUT2D eigenvalue weighted by molar-refractivity contribution is 5.68. The molecule has 0 saturated carbocycles. The molecule has 0 radical (unpaired) electrons. The predicted octanol–water partition coefficient (Wildman–Crippen LogP) is 2.47. The maximum atomic E-state index is 12.1. The van der Waals surface area contributed by atoms with Crippen LogP contribution in [0, 0.1) is 0 Å². The number of hydrogen-bond acceptors (Lipinski definition) is 5. The third kappa shape index (κ3) is 3.88. The lowest BCUT2D eigenvalue weighted by molar-refractivity contribution is 0.0138. The number of amides is 1. The highest BCUT2D eigenvalue weighted by Crippen LogP contribution is 2.36. The second-order valence-electron chi connectivity index (χ2n) is 6.89. The van der Waals surface area contributed by atoms with Crippen LogP contribution in [0.15, 0.2) is 18.2 Å². The summed E-state index contributed by atoms with van der Waals surface area (Å²) < 4.78 is 16.4. The Labute approximate surface area is 136 Å². The van der Waals surface area contributed by atoms with Gasteiger partial charge in [-0.25, -0.2) is 4.79 Å². The zero-order chi connectivity index (χ0) is 16.4. The summed E-state index contributed by atoms with van der Waals surface area (Å²) in [6.07, 6.45) is -0.227. The molecule has 0 unspecified atom stereocenters. The van der Waals surface area contributed by atoms with Crippen molar-refractivity contribution in [3.8, 4) is 11.5 Å². The van der Waals surface area contributed by atoms with E-state index in [1.54, 1.807) is 4.90 Å². The summed E-state index contributed by atoms with van der Waals surface area (Å²) >= 11 is 0. The molecule has 0 bridgehead atoms. The number of ether oxygens (including phenoxy) is 3. The smallest absolute Gasteiger partial charge is 0.410 e. The maximum Gasteiger partial charge on any atom is 0.410 e. The number of piperazine rings is 1. The van der Waals surface area contributed by atoms with E-state index < -0.39 is 5.60 Å². The molecular formula is C17H24N2O4. The number of rotatable bonds is 2. The number of nitrogens with zero attached hydrogens (tertiary/aromatic N) is 2. The van der Waals surface area contributed by atoms with Crippen molar-refractivity contribution in [2.45, 2.75) is 32.9 Å². The van der Waals surface area contributed by atoms with Crippen molar-refractivity contribution in [2.75, 3.05) is 33.0 Å². The third-order valence-electron chi connectivity index (χ3n) is 3.90. The van der Waals surface area contributed by atoms with Gasteiger partial charge in [0.05, 0.1) is 0 Å². The molecule has 0 aliphatic carbocycles. The number of carbonyl (C=O) groups excluding carboxylic acids is 1. The van der Waals surface area contributed by atoms with E-state index in [9.17, 15) is 4.79 Å². The molecule has 0 N–H and O–H groups in total. The average Bonchev–Trinajstić information content (AvgIpc) is 2.96. The van der Waals surface area contributed by atoms with Crippen molar-refractivity contribution in [2.24, 2.45) is 0 Å². The summed E-state index contributed by atoms with van der Waals surface area (Å²) in [5, 5.41) is 0. The summed E-state index contributed by atoms with van der Waals surface area (Å²) in [6, 6.07) is 5.97. The predicted molar refractivity (Wildman–Crippen MR) is 85.6 cm³/mol. The Hall–Kier alpha value is -1.95. The van der Waals surface area contributed by atoms with Gasteiger partial charge in [-0.2, -0.15) is 0 Å². The van der Waals surface area contributed by atoms with Gasteiger partial charge in [-0.05, 0) is 26.8 Å². The third-order valence-corrected chi connectivity index (χ3v) is 3.90. The van der Waals surface area contributed by atoms with Gasteiger partial charge in [0, 0.05) is 38.3 Å². The van der Waals surface area contributed by atoms with Gasteiger partial charge in [-0.3, -0.25) is 4.90 Å². The van der Waals surface area contributed by atoms with Crippen molar-refractivity contribution in [1.82, 2.24) is 9.80 Å². The summed E-state index contributed by atoms with van der Waals surface area (Å²) in [5.74, 6) is 1.66. The quantitative estimate of drug-likeness (QED) is 0.838. The molecule has 2 aliphatic heterocycles. The van der Waals surface area contributed by atoms with Crippen LogP contribution in [0.2, 0.25) is 0 Å². The first-order chi connectivity index (χ1) is 10.9. The van der Waals surface area contributed by atoms with Gasteiger partial charge in [0.2, 0.25) is 6.79 Å². The van der Waals surface area contributed by atoms with Crippen LogP contribution in [0.3, 0.4) is 0 Å². The van der Waals surface area contributed by atoms with Crippen molar-refractivity contribution < 1.29 is 19.0 Å². The second kappa shape index (κ2) is 6.28. The molecule has 126 valence electrons. The number of fused-ring (bicyclic) bond motifs is 1. The molecule has 3 rings (SSSR count). The maximum absolute atomic E-state index is 12.1. The number of hydrogen-bond donors (Lipinski definition) is 0. The van der Waals surface area contributed by atoms with E-state index in [0.717, 1.165) is 36.7 Å². The standard InChI is InChI=1S/C17H24N2O4/c1-17(2,3)23-16(20)19-9-7-18(8-10-19)11-13-5-4-6-14-15(13)22-12-21-14/h4-6H,7-12H2,1-3H3. The lowest BCUT2D eigenvalue weighted by Crippen LogP contribution is -2.49. The van der Waals surface area contributed by atoms with E-state index in [0.29, 0.717) is 19.9 Å². The summed E-state index contributed by atoms with van der Waals surface area (Å²) in [7, 11) is 0. The fourth-order valence-corrected chi connectivity index (χ4v) is 2.77. The molecule has 6 nitrogen and oxygen atoms in total. The summed E-state index contributed by atoms with van der Waals surface area (Å²) in [5.41, 5.74) is 0.682. The molecule has 6 heteroatoms. The fourth-order valence-electron chi connectivity index (χ4n) is 2.77. The molecule has 23 heavy (non-hydrogen) atoms. The van der Waals surface area contributed by atoms with Crippen LogP contribution < -0.4 is 9.47 Å². The molecule has 0 aromatic heterocycles. The summed E-state index contributed by atoms with van der Waals surface area (Å²) in [6.45, 7) is 9.77. The normalized spacial score (nSPS) is 18.1. The van der Waals surface area contributed by atoms with E-state index in [4.69, 9.17) is 14.2 Å². The number of benzene rings is 1. The molecule has 2 aliphatic rings. The molecule has 1 saturated heterocycles. The first-order valence-electron chi connectivity index (χ1n) is 8.00. The minimum Gasteiger partial charge on any atom is -0.454 e. The second-order valence-corrected chi connectivity index (χ2v) is 6.89. The van der Waals surface area contributed by atoms with E-state index >= 15 is 0 Å². The van der Waals surface area contributed by atoms with Crippen LogP contribution in [0.25, 0.3) is 0 Å². The van der Waals surface area contributed by atoms with Crippen molar-refractivity contribution in [1.29, 1.82) is 0 Å². The zero-order valence-electron chi connectivity index (χ0n) is 14.0. The molecule has 0 spiro atoms. The van der Waals surface area contributed by atoms with Crippen molar-refractivity contribution in [3.63, 3.8) is 0 Å². The van der Waals surface area contributed by atoms with Gasteiger partial charge >= 0.3 is 6.09 Å². The van der Waals surface area contributed by atoms with Crippen molar-refractivity contribution >= 4 is 6.09 Å². The lowest BCUT2D eigenvalue weighted by Gasteiger charge is -2.35. The first kappa shape index (κ1) is 15.9. The Balaban J connectivity index is 1.54. The monoisotopic (exact) mass is 320 g/mol. The highest BCUT2D eigenvalue weighted by Gasteiger charge is 2.27. The van der Waals surface area contributed by atoms with Crippen LogP contribution in [0.4, 0.5) is 4.79 Å². The van der Waals surface area contributed by atoms with Gasteiger partial charge in [0.25, 0.3) is 0 Å². The number of para-hydroxylation sites is 1. The van der Waals surface area contributed by atoms with Gasteiger partial charge in [-0.1, -0.05) is 12.1 Å². The van der Waals surface area contributed by atoms with Gasteiger partial charge < -0.3 is 19.1 Å². The van der Waals surface area contributed by atoms with E-state index in [2.05, 4.69) is 11.0 Å². The van der Waals surface area contributed by atoms with Crippen LogP contribution in [-0.2, 0) is 11.3 Å². The Bertz CT molecular complexity index is 574. The van der Waals surface area contributed by atoms with E-state index in [1.165, 1.54) is 0 Å². The Morgan fingerprint density at radius 3 is 2.61 bits per heavy atom. The SMILES string of the molecule is CC(C)(C)OC(=O)N1CCN(Cc2cccc3c2OCO3)CC1. The number of carbonyl (C=O) groups is 1. The van der Waals surface area contributed by atoms with Gasteiger partial charge in [0.1, 0.15) is 5.60 Å². The minimum atomic E-state index is -0.448. The molecule has 0 atom stereocenters. The molecule has 1 amide bonds. The first-order valence-corrected chi connectivity index (χ1v) is 8.00. The fraction of sp³-hybridized carbons (Fsp3) is 0.588. The van der Waals surface area contributed by atoms with Crippen LogP contribution in [-0.4, -0.2) is 54.5 Å². The average molecular weight is 320 g/mol. The molecule has 2 heterocycles. The van der Waals surface area contributed by atoms with Gasteiger partial charge in [0.15, 0.2) is 11.5 Å². The summed E-state index contributed by atoms with van der Waals surface area (Å²) in [4.78, 5) is 16.2. The lowest BCUT2D eigenvalue weighted by atomic mass is 10.1. The van der Waals surface area contributed by atoms with E-state index in [1.807, 2.05) is 32.9 Å². The van der Waals surface area contributed by atoms with Crippen molar-refractivity contribution in [3.05, 3.63) is 23.8 Å². The molecule has 1 aromatic rings. The van der Waals surface area contributed by atoms with Crippen LogP contribution >= 0.6 is 0 Å². The Morgan fingerprint density at radius 2 is 1.91 bits per heavy atom. The highest BCUT2D eigenvalue weighted by atomic mass is 16.7. The van der Waals surface area contributed by atoms with Crippen LogP contribution in [0.5, 0.6) is 11.5 Å². The van der Waals surface area contributed by atoms with E-state index in [-0.39, 0.29) is 6.09 Å². The molecule has 1 aromatic carbocycles. The Morgan fingerprint density at radius 1 is 1.17 bits per heavy atom. The molecular weight excluding hydrogens is 296 g/mol. The zero-order valence-corrected chi connectivity index (χ0v) is 14.0.